The van der Waals surface area contributed by atoms with Crippen molar-refractivity contribution in [1.29, 1.82) is 0 Å². The fourth-order valence-electron chi connectivity index (χ4n) is 3.61. The summed E-state index contributed by atoms with van der Waals surface area (Å²) in [5.41, 5.74) is 5.49. The van der Waals surface area contributed by atoms with Crippen LogP contribution in [0.15, 0.2) is 0 Å². The van der Waals surface area contributed by atoms with E-state index in [9.17, 15) is 39.0 Å². The monoisotopic (exact) mass is 487 g/mol. The van der Waals surface area contributed by atoms with Crippen LogP contribution >= 0.6 is 0 Å². The molecule has 0 aromatic heterocycles. The van der Waals surface area contributed by atoms with Crippen LogP contribution in [0, 0.1) is 0 Å². The van der Waals surface area contributed by atoms with E-state index < -0.39 is 72.8 Å². The summed E-state index contributed by atoms with van der Waals surface area (Å²) < 4.78 is 0. The van der Waals surface area contributed by atoms with Crippen LogP contribution in [0.5, 0.6) is 0 Å². The van der Waals surface area contributed by atoms with Crippen LogP contribution in [-0.4, -0.2) is 99.7 Å². The van der Waals surface area contributed by atoms with Gasteiger partial charge in [-0.2, -0.15) is 0 Å². The van der Waals surface area contributed by atoms with Crippen LogP contribution < -0.4 is 21.7 Å². The molecule has 1 fully saturated rings. The summed E-state index contributed by atoms with van der Waals surface area (Å²) in [5, 5.41) is 34.6. The van der Waals surface area contributed by atoms with E-state index in [1.807, 2.05) is 0 Å². The molecule has 4 amide bonds. The van der Waals surface area contributed by atoms with Gasteiger partial charge in [-0.05, 0) is 38.6 Å². The van der Waals surface area contributed by atoms with Gasteiger partial charge in [-0.25, -0.2) is 4.79 Å². The molecular weight excluding hydrogens is 454 g/mol. The molecular formula is C20H33N5O9. The molecule has 34 heavy (non-hydrogen) atoms. The number of amides is 4. The predicted octanol–water partition coefficient (Wildman–Crippen LogP) is -2.87. The highest BCUT2D eigenvalue weighted by Gasteiger charge is 2.38. The van der Waals surface area contributed by atoms with Crippen LogP contribution in [0.2, 0.25) is 0 Å². The molecule has 192 valence electrons. The van der Waals surface area contributed by atoms with Crippen molar-refractivity contribution in [1.82, 2.24) is 20.9 Å². The quantitative estimate of drug-likeness (QED) is 0.124. The van der Waals surface area contributed by atoms with Gasteiger partial charge in [-0.1, -0.05) is 0 Å². The summed E-state index contributed by atoms with van der Waals surface area (Å²) in [6, 6.07) is -5.22. The van der Waals surface area contributed by atoms with Gasteiger partial charge in [0.2, 0.25) is 23.6 Å². The minimum atomic E-state index is -1.62. The highest BCUT2D eigenvalue weighted by molar-refractivity contribution is 5.96. The topological polar surface area (TPSA) is 228 Å². The van der Waals surface area contributed by atoms with Crippen molar-refractivity contribution >= 4 is 35.6 Å². The van der Waals surface area contributed by atoms with Crippen molar-refractivity contribution in [2.75, 3.05) is 19.7 Å². The van der Waals surface area contributed by atoms with Gasteiger partial charge in [0.1, 0.15) is 24.2 Å². The van der Waals surface area contributed by atoms with E-state index in [-0.39, 0.29) is 19.4 Å². The molecule has 1 rings (SSSR count). The molecule has 8 N–H and O–H groups in total. The lowest BCUT2D eigenvalue weighted by atomic mass is 10.1. The Morgan fingerprint density at radius 2 is 1.59 bits per heavy atom. The van der Waals surface area contributed by atoms with Crippen LogP contribution in [0.4, 0.5) is 0 Å². The Kier molecular flexibility index (Phi) is 11.9. The first-order valence-corrected chi connectivity index (χ1v) is 11.0. The number of nitrogens with one attached hydrogen (secondary N) is 3. The number of hydrogen-bond acceptors (Lipinski definition) is 8. The zero-order valence-electron chi connectivity index (χ0n) is 19.0. The first kappa shape index (κ1) is 28.8. The Morgan fingerprint density at radius 3 is 2.12 bits per heavy atom. The molecule has 14 heteroatoms. The lowest BCUT2D eigenvalue weighted by molar-refractivity contribution is -0.149. The molecule has 0 spiro atoms. The number of hydrogen-bond donors (Lipinski definition) is 7. The molecule has 0 saturated carbocycles. The highest BCUT2D eigenvalue weighted by atomic mass is 16.4. The molecule has 1 aliphatic rings. The van der Waals surface area contributed by atoms with E-state index in [0.717, 1.165) is 6.92 Å². The van der Waals surface area contributed by atoms with Gasteiger partial charge in [0.25, 0.3) is 0 Å². The Balaban J connectivity index is 3.03. The maximum Gasteiger partial charge on any atom is 0.326 e. The Morgan fingerprint density at radius 1 is 0.971 bits per heavy atom. The number of nitrogens with two attached hydrogens (primary N) is 1. The van der Waals surface area contributed by atoms with Gasteiger partial charge in [-0.15, -0.1) is 0 Å². The maximum absolute atomic E-state index is 13.1. The third-order valence-corrected chi connectivity index (χ3v) is 5.27. The molecule has 4 atom stereocenters. The zero-order valence-corrected chi connectivity index (χ0v) is 19.0. The summed E-state index contributed by atoms with van der Waals surface area (Å²) in [6.07, 6.45) is 1.02. The number of rotatable bonds is 14. The maximum atomic E-state index is 13.1. The number of aliphatic carboxylic acids is 2. The van der Waals surface area contributed by atoms with Crippen molar-refractivity contribution in [3.8, 4) is 0 Å². The minimum absolute atomic E-state index is 0.128. The summed E-state index contributed by atoms with van der Waals surface area (Å²) >= 11 is 0. The van der Waals surface area contributed by atoms with Gasteiger partial charge in [0.15, 0.2) is 0 Å². The Hall–Kier alpha value is -3.26. The molecule has 0 aromatic rings. The summed E-state index contributed by atoms with van der Waals surface area (Å²) in [4.78, 5) is 73.4. The molecule has 1 heterocycles. The number of likely N-dealkylation sites (tertiary alicyclic amines) is 1. The fourth-order valence-corrected chi connectivity index (χ4v) is 3.61. The molecule has 1 aliphatic heterocycles. The number of carboxylic acid groups (broad SMARTS) is 2. The molecule has 14 nitrogen and oxygen atoms in total. The normalized spacial score (nSPS) is 17.9. The average molecular weight is 488 g/mol. The van der Waals surface area contributed by atoms with E-state index in [0.29, 0.717) is 25.8 Å². The number of aliphatic hydroxyl groups is 1. The van der Waals surface area contributed by atoms with E-state index in [4.69, 9.17) is 10.8 Å². The van der Waals surface area contributed by atoms with Gasteiger partial charge in [0, 0.05) is 13.5 Å². The molecule has 0 aromatic carbocycles. The highest BCUT2D eigenvalue weighted by Crippen LogP contribution is 2.20. The number of nitrogens with zero attached hydrogens (tertiary/aromatic N) is 1. The van der Waals surface area contributed by atoms with Crippen molar-refractivity contribution in [3.63, 3.8) is 0 Å². The van der Waals surface area contributed by atoms with Gasteiger partial charge >= 0.3 is 11.9 Å². The summed E-state index contributed by atoms with van der Waals surface area (Å²) in [5.74, 6) is -5.80. The molecule has 0 radical (unpaired) electrons. The predicted molar refractivity (Wildman–Crippen MR) is 116 cm³/mol. The average Bonchev–Trinajstić information content (AvgIpc) is 3.25. The van der Waals surface area contributed by atoms with Crippen LogP contribution in [-0.2, 0) is 28.8 Å². The lowest BCUT2D eigenvalue weighted by Gasteiger charge is -2.29. The second-order valence-corrected chi connectivity index (χ2v) is 7.97. The standard InChI is InChI=1S/C20H33N5O9/c1-11(27)22-14(10-26)18(31)24-13(9-16(28)29)17(30)23-12(5-2-3-7-21)19(32)25-8-4-6-15(25)20(33)34/h12-15,26H,2-10,21H2,1H3,(H,22,27)(H,23,30)(H,24,31)(H,28,29)(H,33,34)/t12-,13+,14-,15+/m0/s1. The van der Waals surface area contributed by atoms with E-state index >= 15 is 0 Å². The molecule has 0 unspecified atom stereocenters. The van der Waals surface area contributed by atoms with Crippen molar-refractivity contribution in [3.05, 3.63) is 0 Å². The fraction of sp³-hybridized carbons (Fsp3) is 0.700. The molecule has 1 saturated heterocycles. The SMILES string of the molecule is CC(=O)N[C@@H](CO)C(=O)N[C@H](CC(=O)O)C(=O)N[C@@H](CCCCN)C(=O)N1CCC[C@@H]1C(=O)O. The number of unbranched alkanes of at least 4 members (excludes halogenated alkanes) is 1. The van der Waals surface area contributed by atoms with E-state index in [1.54, 1.807) is 0 Å². The zero-order chi connectivity index (χ0) is 25.8. The smallest absolute Gasteiger partial charge is 0.326 e. The first-order chi connectivity index (χ1) is 16.0. The van der Waals surface area contributed by atoms with Crippen molar-refractivity contribution in [2.45, 2.75) is 69.6 Å². The minimum Gasteiger partial charge on any atom is -0.481 e. The summed E-state index contributed by atoms with van der Waals surface area (Å²) in [6.45, 7) is 0.846. The second-order valence-electron chi connectivity index (χ2n) is 7.97. The number of aliphatic hydroxyl groups excluding tert-OH is 1. The van der Waals surface area contributed by atoms with Gasteiger partial charge in [-0.3, -0.25) is 24.0 Å². The Bertz CT molecular complexity index is 776. The largest absolute Gasteiger partial charge is 0.481 e. The van der Waals surface area contributed by atoms with Crippen LogP contribution in [0.1, 0.15) is 45.4 Å². The van der Waals surface area contributed by atoms with Crippen LogP contribution in [0.25, 0.3) is 0 Å². The number of carboxylic acids is 2. The second kappa shape index (κ2) is 14.1. The first-order valence-electron chi connectivity index (χ1n) is 11.0. The number of carbonyl (C=O) groups is 6. The van der Waals surface area contributed by atoms with Crippen LogP contribution in [0.3, 0.4) is 0 Å². The third-order valence-electron chi connectivity index (χ3n) is 5.27. The lowest BCUT2D eigenvalue weighted by Crippen LogP contribution is -2.58. The third kappa shape index (κ3) is 8.94. The van der Waals surface area contributed by atoms with Gasteiger partial charge < -0.3 is 41.9 Å². The van der Waals surface area contributed by atoms with E-state index in [1.165, 1.54) is 4.90 Å². The van der Waals surface area contributed by atoms with E-state index in [2.05, 4.69) is 16.0 Å². The Labute approximate surface area is 196 Å². The number of carbonyl (C=O) groups excluding carboxylic acids is 4. The molecule has 0 aliphatic carbocycles. The van der Waals surface area contributed by atoms with Crippen molar-refractivity contribution in [2.24, 2.45) is 5.73 Å². The molecule has 0 bridgehead atoms. The van der Waals surface area contributed by atoms with Crippen molar-refractivity contribution < 1.29 is 44.1 Å². The summed E-state index contributed by atoms with van der Waals surface area (Å²) in [7, 11) is 0. The van der Waals surface area contributed by atoms with Gasteiger partial charge in [0.05, 0.1) is 13.0 Å².